The average Bonchev–Trinajstić information content (AvgIpc) is 2.83. The molecule has 2 aliphatic rings. The third kappa shape index (κ3) is 6.40. The number of benzene rings is 1. The van der Waals surface area contributed by atoms with Crippen LogP contribution in [-0.4, -0.2) is 77.7 Å². The van der Waals surface area contributed by atoms with Gasteiger partial charge in [0.15, 0.2) is 17.5 Å². The van der Waals surface area contributed by atoms with E-state index in [1.807, 2.05) is 19.2 Å². The molecule has 1 aromatic rings. The lowest BCUT2D eigenvalue weighted by molar-refractivity contribution is -0.0721. The van der Waals surface area contributed by atoms with Gasteiger partial charge in [-0.05, 0) is 49.8 Å². The van der Waals surface area contributed by atoms with Crippen molar-refractivity contribution >= 4 is 5.96 Å². The molecule has 0 bridgehead atoms. The zero-order valence-corrected chi connectivity index (χ0v) is 19.3. The molecule has 0 spiro atoms. The molecule has 0 amide bonds. The van der Waals surface area contributed by atoms with Crippen LogP contribution in [0.15, 0.2) is 17.1 Å². The second-order valence-electron chi connectivity index (χ2n) is 7.94. The fourth-order valence-corrected chi connectivity index (χ4v) is 4.17. The second-order valence-corrected chi connectivity index (χ2v) is 7.94. The summed E-state index contributed by atoms with van der Waals surface area (Å²) in [6.07, 6.45) is 6.12. The van der Waals surface area contributed by atoms with Crippen molar-refractivity contribution in [2.24, 2.45) is 4.99 Å². The number of rotatable bonds is 8. The van der Waals surface area contributed by atoms with Crippen LogP contribution in [0.25, 0.3) is 0 Å². The number of methoxy groups -OCH3 is 3. The Hall–Kier alpha value is -2.19. The van der Waals surface area contributed by atoms with Crippen molar-refractivity contribution in [1.29, 1.82) is 0 Å². The van der Waals surface area contributed by atoms with Crippen molar-refractivity contribution in [3.63, 3.8) is 0 Å². The van der Waals surface area contributed by atoms with Crippen LogP contribution in [0.1, 0.15) is 37.7 Å². The maximum Gasteiger partial charge on any atom is 0.203 e. The third-order valence-electron chi connectivity index (χ3n) is 5.92. The van der Waals surface area contributed by atoms with E-state index in [-0.39, 0.29) is 6.10 Å². The lowest BCUT2D eigenvalue weighted by Gasteiger charge is -2.35. The quantitative estimate of drug-likeness (QED) is 0.497. The topological polar surface area (TPSA) is 73.8 Å². The maximum atomic E-state index is 6.13. The molecule has 3 rings (SSSR count). The van der Waals surface area contributed by atoms with Gasteiger partial charge in [-0.3, -0.25) is 4.99 Å². The smallest absolute Gasteiger partial charge is 0.203 e. The molecule has 2 fully saturated rings. The monoisotopic (exact) mass is 435 g/mol. The summed E-state index contributed by atoms with van der Waals surface area (Å²) in [5.41, 5.74) is 1.03. The fraction of sp³-hybridized carbons (Fsp3) is 0.696. The number of ether oxygens (including phenoxy) is 5. The summed E-state index contributed by atoms with van der Waals surface area (Å²) in [5, 5.41) is 3.46. The molecule has 0 aromatic heterocycles. The van der Waals surface area contributed by atoms with E-state index >= 15 is 0 Å². The van der Waals surface area contributed by atoms with E-state index in [0.29, 0.717) is 29.9 Å². The number of guanidine groups is 1. The first-order valence-corrected chi connectivity index (χ1v) is 11.2. The van der Waals surface area contributed by atoms with Gasteiger partial charge < -0.3 is 33.9 Å². The van der Waals surface area contributed by atoms with E-state index in [1.165, 1.54) is 12.8 Å². The van der Waals surface area contributed by atoms with Crippen LogP contribution in [0.4, 0.5) is 0 Å². The Kier molecular flexibility index (Phi) is 9.09. The Bertz CT molecular complexity index is 688. The van der Waals surface area contributed by atoms with Crippen molar-refractivity contribution < 1.29 is 23.7 Å². The van der Waals surface area contributed by atoms with E-state index in [4.69, 9.17) is 23.7 Å². The number of hydrogen-bond donors (Lipinski definition) is 1. The fourth-order valence-electron chi connectivity index (χ4n) is 4.17. The molecule has 174 valence electrons. The molecule has 0 radical (unpaired) electrons. The molecule has 2 heterocycles. The van der Waals surface area contributed by atoms with Crippen molar-refractivity contribution in [1.82, 2.24) is 10.2 Å². The Balaban J connectivity index is 1.48. The van der Waals surface area contributed by atoms with Gasteiger partial charge in [-0.15, -0.1) is 0 Å². The van der Waals surface area contributed by atoms with Gasteiger partial charge in [-0.25, -0.2) is 0 Å². The third-order valence-corrected chi connectivity index (χ3v) is 5.92. The predicted molar refractivity (Wildman–Crippen MR) is 120 cm³/mol. The molecule has 8 heteroatoms. The molecular weight excluding hydrogens is 398 g/mol. The van der Waals surface area contributed by atoms with E-state index in [1.54, 1.807) is 21.3 Å². The van der Waals surface area contributed by atoms with Crippen LogP contribution in [0.3, 0.4) is 0 Å². The highest BCUT2D eigenvalue weighted by Gasteiger charge is 2.24. The molecule has 8 nitrogen and oxygen atoms in total. The van der Waals surface area contributed by atoms with E-state index in [2.05, 4.69) is 15.2 Å². The molecule has 2 aliphatic heterocycles. The van der Waals surface area contributed by atoms with Crippen LogP contribution in [0.5, 0.6) is 17.2 Å². The predicted octanol–water partition coefficient (Wildman–Crippen LogP) is 2.84. The van der Waals surface area contributed by atoms with Gasteiger partial charge in [-0.1, -0.05) is 0 Å². The number of likely N-dealkylation sites (tertiary alicyclic amines) is 1. The Labute approximate surface area is 185 Å². The molecule has 1 N–H and O–H groups in total. The molecule has 1 unspecified atom stereocenters. The summed E-state index contributed by atoms with van der Waals surface area (Å²) >= 11 is 0. The normalized spacial score (nSPS) is 20.5. The summed E-state index contributed by atoms with van der Waals surface area (Å²) < 4.78 is 28.2. The Morgan fingerprint density at radius 3 is 2.32 bits per heavy atom. The van der Waals surface area contributed by atoms with Crippen LogP contribution in [0.2, 0.25) is 0 Å². The van der Waals surface area contributed by atoms with Gasteiger partial charge in [0.2, 0.25) is 5.75 Å². The highest BCUT2D eigenvalue weighted by atomic mass is 16.5. The minimum atomic E-state index is 0.277. The van der Waals surface area contributed by atoms with Crippen LogP contribution in [0, 0.1) is 0 Å². The zero-order chi connectivity index (χ0) is 22.1. The van der Waals surface area contributed by atoms with E-state index < -0.39 is 0 Å². The number of nitrogens with zero attached hydrogens (tertiary/aromatic N) is 2. The molecular formula is C23H37N3O5. The van der Waals surface area contributed by atoms with Gasteiger partial charge in [0.05, 0.1) is 40.1 Å². The van der Waals surface area contributed by atoms with Crippen molar-refractivity contribution in [3.05, 3.63) is 17.7 Å². The average molecular weight is 436 g/mol. The summed E-state index contributed by atoms with van der Waals surface area (Å²) in [4.78, 5) is 6.76. The molecule has 1 atom stereocenters. The van der Waals surface area contributed by atoms with Gasteiger partial charge in [0, 0.05) is 33.3 Å². The summed E-state index contributed by atoms with van der Waals surface area (Å²) in [5.74, 6) is 2.78. The molecule has 0 saturated carbocycles. The molecule has 1 aromatic carbocycles. The number of aliphatic imine (C=N–C) groups is 1. The summed E-state index contributed by atoms with van der Waals surface area (Å²) in [6, 6.07) is 3.91. The van der Waals surface area contributed by atoms with Crippen molar-refractivity contribution in [2.45, 2.75) is 50.9 Å². The first-order valence-electron chi connectivity index (χ1n) is 11.2. The molecule has 2 saturated heterocycles. The maximum absolute atomic E-state index is 6.13. The lowest BCUT2D eigenvalue weighted by atomic mass is 10.1. The van der Waals surface area contributed by atoms with E-state index in [9.17, 15) is 0 Å². The number of hydrogen-bond acceptors (Lipinski definition) is 6. The number of nitrogens with one attached hydrogen (secondary N) is 1. The van der Waals surface area contributed by atoms with Crippen LogP contribution < -0.4 is 19.5 Å². The largest absolute Gasteiger partial charge is 0.493 e. The van der Waals surface area contributed by atoms with Crippen molar-refractivity contribution in [3.8, 4) is 17.2 Å². The van der Waals surface area contributed by atoms with E-state index in [0.717, 1.165) is 57.1 Å². The number of piperidine rings is 1. The van der Waals surface area contributed by atoms with Crippen molar-refractivity contribution in [2.75, 3.05) is 54.7 Å². The van der Waals surface area contributed by atoms with Crippen LogP contribution >= 0.6 is 0 Å². The van der Waals surface area contributed by atoms with Gasteiger partial charge in [0.25, 0.3) is 0 Å². The molecule has 0 aliphatic carbocycles. The highest BCUT2D eigenvalue weighted by molar-refractivity contribution is 5.80. The lowest BCUT2D eigenvalue weighted by Crippen LogP contribution is -2.47. The summed E-state index contributed by atoms with van der Waals surface area (Å²) in [6.45, 7) is 4.05. The van der Waals surface area contributed by atoms with Gasteiger partial charge in [0.1, 0.15) is 0 Å². The zero-order valence-electron chi connectivity index (χ0n) is 19.3. The Morgan fingerprint density at radius 1 is 1.06 bits per heavy atom. The second kappa shape index (κ2) is 12.0. The first-order chi connectivity index (χ1) is 15.2. The SMILES string of the molecule is CN=C(NCc1cc(OC)c(OC)c(OC)c1)N1CCC(OCC2CCCCO2)CC1. The van der Waals surface area contributed by atoms with Crippen LogP contribution in [-0.2, 0) is 16.0 Å². The highest BCUT2D eigenvalue weighted by Crippen LogP contribution is 2.38. The minimum Gasteiger partial charge on any atom is -0.493 e. The first kappa shape index (κ1) is 23.5. The summed E-state index contributed by atoms with van der Waals surface area (Å²) in [7, 11) is 6.68. The van der Waals surface area contributed by atoms with Gasteiger partial charge >= 0.3 is 0 Å². The van der Waals surface area contributed by atoms with Gasteiger partial charge in [-0.2, -0.15) is 0 Å². The molecule has 31 heavy (non-hydrogen) atoms. The minimum absolute atomic E-state index is 0.277. The Morgan fingerprint density at radius 2 is 1.77 bits per heavy atom. The standard InChI is InChI=1S/C23H37N3O5/c1-24-23(25-15-17-13-20(27-2)22(29-4)21(14-17)28-3)26-10-8-18(9-11-26)31-16-19-7-5-6-12-30-19/h13-14,18-19H,5-12,15-16H2,1-4H3,(H,24,25).